The van der Waals surface area contributed by atoms with Crippen molar-refractivity contribution in [2.45, 2.75) is 51.7 Å². The van der Waals surface area contributed by atoms with Gasteiger partial charge < -0.3 is 10.5 Å². The molecule has 0 radical (unpaired) electrons. The van der Waals surface area contributed by atoms with E-state index in [4.69, 9.17) is 10.5 Å². The molecule has 1 aliphatic carbocycles. The van der Waals surface area contributed by atoms with Gasteiger partial charge in [-0.25, -0.2) is 4.79 Å². The minimum atomic E-state index is -0.742. The van der Waals surface area contributed by atoms with E-state index < -0.39 is 11.2 Å². The number of ether oxygens (including phenoxy) is 1. The summed E-state index contributed by atoms with van der Waals surface area (Å²) in [5, 5.41) is 0. The van der Waals surface area contributed by atoms with E-state index in [1.54, 1.807) is 0 Å². The Balaban J connectivity index is 1.80. The number of H-pyrrole nitrogens is 1. The number of aromatic nitrogens is 2. The lowest BCUT2D eigenvalue weighted by molar-refractivity contribution is 0.0917. The molecule has 8 nitrogen and oxygen atoms in total. The molecule has 0 saturated heterocycles. The molecule has 3 N–H and O–H groups in total. The smallest absolute Gasteiger partial charge is 0.330 e. The summed E-state index contributed by atoms with van der Waals surface area (Å²) in [6.45, 7) is 5.40. The molecule has 1 aromatic carbocycles. The van der Waals surface area contributed by atoms with Crippen LogP contribution < -0.4 is 17.0 Å². The summed E-state index contributed by atoms with van der Waals surface area (Å²) in [4.78, 5) is 41.7. The second-order valence-corrected chi connectivity index (χ2v) is 8.12. The van der Waals surface area contributed by atoms with Crippen molar-refractivity contribution in [3.05, 3.63) is 61.8 Å². The molecule has 0 amide bonds. The lowest BCUT2D eigenvalue weighted by atomic mass is 10.0. The van der Waals surface area contributed by atoms with E-state index in [1.807, 2.05) is 0 Å². The Kier molecular flexibility index (Phi) is 6.89. The van der Waals surface area contributed by atoms with Crippen molar-refractivity contribution < 1.29 is 9.53 Å². The van der Waals surface area contributed by atoms with Gasteiger partial charge >= 0.3 is 5.69 Å². The van der Waals surface area contributed by atoms with Crippen molar-refractivity contribution >= 4 is 11.6 Å². The van der Waals surface area contributed by atoms with Gasteiger partial charge in [0.05, 0.1) is 19.7 Å². The number of benzene rings is 1. The highest BCUT2D eigenvalue weighted by atomic mass is 16.5. The number of ketones is 1. The Labute approximate surface area is 175 Å². The summed E-state index contributed by atoms with van der Waals surface area (Å²) in [5.74, 6) is -0.0305. The Hall–Kier alpha value is -2.71. The third-order valence-corrected chi connectivity index (χ3v) is 5.48. The van der Waals surface area contributed by atoms with Crippen LogP contribution in [0.3, 0.4) is 0 Å². The molecule has 0 spiro atoms. The van der Waals surface area contributed by atoms with E-state index in [0.717, 1.165) is 18.4 Å². The van der Waals surface area contributed by atoms with E-state index in [2.05, 4.69) is 48.0 Å². The van der Waals surface area contributed by atoms with Gasteiger partial charge in [-0.2, -0.15) is 0 Å². The van der Waals surface area contributed by atoms with Crippen LogP contribution in [0.1, 0.15) is 54.1 Å². The number of rotatable bonds is 10. The number of Topliss-reactive ketones (excluding diaryl/α,β-unsaturated/α-hetero) is 1. The third-order valence-electron chi connectivity index (χ3n) is 5.48. The van der Waals surface area contributed by atoms with Crippen LogP contribution in [0.4, 0.5) is 5.82 Å². The largest absolute Gasteiger partial charge is 0.384 e. The predicted octanol–water partition coefficient (Wildman–Crippen LogP) is 1.74. The van der Waals surface area contributed by atoms with Crippen molar-refractivity contribution in [1.29, 1.82) is 0 Å². The second kappa shape index (κ2) is 9.40. The lowest BCUT2D eigenvalue weighted by Crippen LogP contribution is -2.40. The normalized spacial score (nSPS) is 13.9. The first-order chi connectivity index (χ1) is 14.3. The number of hydrogen-bond donors (Lipinski definition) is 2. The number of hydrogen-bond acceptors (Lipinski definition) is 6. The molecule has 30 heavy (non-hydrogen) atoms. The fraction of sp³-hybridized carbons (Fsp3) is 0.500. The van der Waals surface area contributed by atoms with Gasteiger partial charge in [0.2, 0.25) is 0 Å². The van der Waals surface area contributed by atoms with Crippen molar-refractivity contribution in [3.8, 4) is 0 Å². The van der Waals surface area contributed by atoms with Crippen LogP contribution in [0, 0.1) is 0 Å². The molecule has 0 aliphatic heterocycles. The van der Waals surface area contributed by atoms with Crippen molar-refractivity contribution in [2.75, 3.05) is 26.0 Å². The molecule has 1 aromatic heterocycles. The molecular weight excluding hydrogens is 384 g/mol. The minimum absolute atomic E-state index is 0.0758. The van der Waals surface area contributed by atoms with Gasteiger partial charge in [-0.1, -0.05) is 38.1 Å². The minimum Gasteiger partial charge on any atom is -0.384 e. The standard InChI is InChI=1S/C22H30N4O4/c1-14(2)16-6-4-15(5-7-16)12-25(17-8-9-17)13-18(27)19-20(23)26(10-11-30-3)22(29)24-21(19)28/h4-7,14,17H,8-13,23H2,1-3H3,(H,24,28,29). The number of nitrogens with one attached hydrogen (secondary N) is 1. The monoisotopic (exact) mass is 414 g/mol. The number of methoxy groups -OCH3 is 1. The van der Waals surface area contributed by atoms with Gasteiger partial charge in [0.25, 0.3) is 5.56 Å². The fourth-order valence-electron chi connectivity index (χ4n) is 3.52. The third kappa shape index (κ3) is 5.06. The first kappa shape index (κ1) is 22.0. The van der Waals surface area contributed by atoms with Crippen LogP contribution in [0.25, 0.3) is 0 Å². The highest BCUT2D eigenvalue weighted by Crippen LogP contribution is 2.29. The Morgan fingerprint density at radius 3 is 2.50 bits per heavy atom. The molecule has 3 rings (SSSR count). The first-order valence-electron chi connectivity index (χ1n) is 10.3. The van der Waals surface area contributed by atoms with Crippen LogP contribution in [0.5, 0.6) is 0 Å². The van der Waals surface area contributed by atoms with Gasteiger partial charge in [0.1, 0.15) is 11.4 Å². The predicted molar refractivity (Wildman–Crippen MR) is 116 cm³/mol. The SMILES string of the molecule is COCCn1c(N)c(C(=O)CN(Cc2ccc(C(C)C)cc2)C2CC2)c(=O)[nH]c1=O. The number of nitrogens with zero attached hydrogens (tertiary/aromatic N) is 2. The van der Waals surface area contributed by atoms with Gasteiger partial charge in [-0.3, -0.25) is 24.0 Å². The number of carbonyl (C=O) groups is 1. The lowest BCUT2D eigenvalue weighted by Gasteiger charge is -2.22. The maximum atomic E-state index is 13.0. The van der Waals surface area contributed by atoms with Crippen molar-refractivity contribution in [3.63, 3.8) is 0 Å². The van der Waals surface area contributed by atoms with Crippen LogP contribution >= 0.6 is 0 Å². The molecule has 1 fully saturated rings. The number of aromatic amines is 1. The van der Waals surface area contributed by atoms with Gasteiger partial charge in [0.15, 0.2) is 5.78 Å². The molecule has 162 valence electrons. The van der Waals surface area contributed by atoms with E-state index in [-0.39, 0.29) is 36.9 Å². The van der Waals surface area contributed by atoms with Crippen LogP contribution in [0.15, 0.2) is 33.9 Å². The summed E-state index contributed by atoms with van der Waals surface area (Å²) in [5.41, 5.74) is 6.88. The molecule has 0 bridgehead atoms. The summed E-state index contributed by atoms with van der Waals surface area (Å²) in [6.07, 6.45) is 2.05. The molecule has 2 aromatic rings. The zero-order valence-corrected chi connectivity index (χ0v) is 17.8. The van der Waals surface area contributed by atoms with Crippen LogP contribution in [0.2, 0.25) is 0 Å². The van der Waals surface area contributed by atoms with E-state index >= 15 is 0 Å². The molecule has 0 unspecified atom stereocenters. The highest BCUT2D eigenvalue weighted by molar-refractivity contribution is 6.01. The summed E-state index contributed by atoms with van der Waals surface area (Å²) in [6, 6.07) is 8.71. The Bertz CT molecular complexity index is 1000. The number of anilines is 1. The van der Waals surface area contributed by atoms with Crippen LogP contribution in [-0.4, -0.2) is 46.5 Å². The quantitative estimate of drug-likeness (QED) is 0.573. The molecule has 1 saturated carbocycles. The maximum Gasteiger partial charge on any atom is 0.330 e. The van der Waals surface area contributed by atoms with Crippen molar-refractivity contribution in [2.24, 2.45) is 0 Å². The zero-order chi connectivity index (χ0) is 21.8. The average Bonchev–Trinajstić information content (AvgIpc) is 3.53. The van der Waals surface area contributed by atoms with E-state index in [0.29, 0.717) is 18.5 Å². The Morgan fingerprint density at radius 1 is 1.27 bits per heavy atom. The average molecular weight is 415 g/mol. The highest BCUT2D eigenvalue weighted by Gasteiger charge is 2.32. The van der Waals surface area contributed by atoms with Crippen LogP contribution in [-0.2, 0) is 17.8 Å². The molecule has 8 heteroatoms. The number of nitrogen functional groups attached to an aromatic ring is 1. The zero-order valence-electron chi connectivity index (χ0n) is 17.8. The Morgan fingerprint density at radius 2 is 1.93 bits per heavy atom. The summed E-state index contributed by atoms with van der Waals surface area (Å²) < 4.78 is 6.15. The van der Waals surface area contributed by atoms with E-state index in [9.17, 15) is 14.4 Å². The molecule has 0 atom stereocenters. The molecular formula is C22H30N4O4. The van der Waals surface area contributed by atoms with Gasteiger partial charge in [-0.05, 0) is 29.9 Å². The summed E-state index contributed by atoms with van der Waals surface area (Å²) in [7, 11) is 1.50. The molecule has 1 heterocycles. The van der Waals surface area contributed by atoms with Gasteiger partial charge in [-0.15, -0.1) is 0 Å². The van der Waals surface area contributed by atoms with Crippen molar-refractivity contribution in [1.82, 2.24) is 14.5 Å². The number of nitrogens with two attached hydrogens (primary N) is 1. The topological polar surface area (TPSA) is 110 Å². The number of carbonyl (C=O) groups excluding carboxylic acids is 1. The summed E-state index contributed by atoms with van der Waals surface area (Å²) >= 11 is 0. The van der Waals surface area contributed by atoms with Gasteiger partial charge in [0, 0.05) is 19.7 Å². The fourth-order valence-corrected chi connectivity index (χ4v) is 3.52. The first-order valence-corrected chi connectivity index (χ1v) is 10.3. The second-order valence-electron chi connectivity index (χ2n) is 8.12. The van der Waals surface area contributed by atoms with E-state index in [1.165, 1.54) is 17.2 Å². The maximum absolute atomic E-state index is 13.0. The molecule has 1 aliphatic rings.